The number of nitrogens with one attached hydrogen (secondary N) is 1. The highest BCUT2D eigenvalue weighted by molar-refractivity contribution is 6.33. The minimum Gasteiger partial charge on any atom is -0.369 e. The minimum absolute atomic E-state index is 0.0956. The van der Waals surface area contributed by atoms with E-state index in [1.54, 1.807) is 23.5 Å². The highest BCUT2D eigenvalue weighted by atomic mass is 35.5. The lowest BCUT2D eigenvalue weighted by Gasteiger charge is -2.27. The van der Waals surface area contributed by atoms with E-state index in [1.165, 1.54) is 0 Å². The van der Waals surface area contributed by atoms with Crippen LogP contribution in [0.4, 0.5) is 5.82 Å². The monoisotopic (exact) mass is 306 g/mol. The number of halogens is 1. The van der Waals surface area contributed by atoms with Crippen LogP contribution in [0.5, 0.6) is 0 Å². The summed E-state index contributed by atoms with van der Waals surface area (Å²) in [6, 6.07) is 1.65. The second-order valence-electron chi connectivity index (χ2n) is 4.75. The van der Waals surface area contributed by atoms with Gasteiger partial charge in [0.1, 0.15) is 12.1 Å². The summed E-state index contributed by atoms with van der Waals surface area (Å²) in [6.07, 6.45) is 3.23. The van der Waals surface area contributed by atoms with Gasteiger partial charge in [-0.1, -0.05) is 11.6 Å². The summed E-state index contributed by atoms with van der Waals surface area (Å²) in [5, 5.41) is 11.3. The molecule has 0 aromatic carbocycles. The number of pyridine rings is 1. The fourth-order valence-electron chi connectivity index (χ4n) is 2.27. The topological polar surface area (TPSA) is 75.9 Å². The molecule has 0 spiro atoms. The van der Waals surface area contributed by atoms with E-state index < -0.39 is 0 Å². The zero-order chi connectivity index (χ0) is 14.8. The Hall–Kier alpha value is -2.15. The Labute approximate surface area is 126 Å². The lowest BCUT2D eigenvalue weighted by Crippen LogP contribution is -2.38. The summed E-state index contributed by atoms with van der Waals surface area (Å²) < 4.78 is 1.95. The number of fused-ring (bicyclic) bond motifs is 1. The summed E-state index contributed by atoms with van der Waals surface area (Å²) in [6.45, 7) is 4.45. The number of rotatable bonds is 3. The summed E-state index contributed by atoms with van der Waals surface area (Å²) in [5.74, 6) is 1.29. The molecule has 21 heavy (non-hydrogen) atoms. The van der Waals surface area contributed by atoms with Gasteiger partial charge in [-0.3, -0.25) is 4.79 Å². The molecule has 2 aromatic rings. The first-order chi connectivity index (χ1) is 10.2. The van der Waals surface area contributed by atoms with E-state index in [-0.39, 0.29) is 5.91 Å². The number of nitrogens with zero attached hydrogens (tertiary/aromatic N) is 5. The van der Waals surface area contributed by atoms with Crippen LogP contribution >= 0.6 is 11.6 Å². The van der Waals surface area contributed by atoms with Crippen LogP contribution in [-0.4, -0.2) is 43.6 Å². The van der Waals surface area contributed by atoms with Crippen LogP contribution in [0.2, 0.25) is 5.02 Å². The Kier molecular flexibility index (Phi) is 3.74. The number of hydrogen-bond acceptors (Lipinski definition) is 5. The van der Waals surface area contributed by atoms with Crippen molar-refractivity contribution in [3.63, 3.8) is 0 Å². The van der Waals surface area contributed by atoms with Gasteiger partial charge in [-0.2, -0.15) is 0 Å². The zero-order valence-electron chi connectivity index (χ0n) is 11.6. The Morgan fingerprint density at radius 3 is 3.10 bits per heavy atom. The van der Waals surface area contributed by atoms with Crippen LogP contribution in [0.15, 0.2) is 18.6 Å². The molecule has 0 aliphatic carbocycles. The Morgan fingerprint density at radius 2 is 2.33 bits per heavy atom. The fourth-order valence-corrected chi connectivity index (χ4v) is 2.51. The molecule has 3 heterocycles. The molecule has 0 saturated heterocycles. The molecule has 3 rings (SSSR count). The van der Waals surface area contributed by atoms with Gasteiger partial charge in [0.15, 0.2) is 5.82 Å². The van der Waals surface area contributed by atoms with Gasteiger partial charge < -0.3 is 14.8 Å². The summed E-state index contributed by atoms with van der Waals surface area (Å²) in [4.78, 5) is 18.4. The molecule has 0 bridgehead atoms. The molecular formula is C13H15ClN6O. The van der Waals surface area contributed by atoms with Crippen LogP contribution in [0.1, 0.15) is 23.1 Å². The van der Waals surface area contributed by atoms with Gasteiger partial charge >= 0.3 is 0 Å². The normalized spacial score (nSPS) is 13.9. The number of hydrogen-bond donors (Lipinski definition) is 1. The molecular weight excluding hydrogens is 292 g/mol. The maximum atomic E-state index is 12.5. The van der Waals surface area contributed by atoms with Crippen molar-refractivity contribution in [2.24, 2.45) is 0 Å². The zero-order valence-corrected chi connectivity index (χ0v) is 12.3. The van der Waals surface area contributed by atoms with Crippen LogP contribution in [0.3, 0.4) is 0 Å². The van der Waals surface area contributed by atoms with Crippen molar-refractivity contribution in [1.29, 1.82) is 0 Å². The predicted octanol–water partition coefficient (Wildman–Crippen LogP) is 1.41. The average molecular weight is 307 g/mol. The molecule has 1 aliphatic heterocycles. The van der Waals surface area contributed by atoms with Crippen molar-refractivity contribution >= 4 is 23.3 Å². The van der Waals surface area contributed by atoms with Crippen molar-refractivity contribution < 1.29 is 4.79 Å². The molecule has 0 saturated carbocycles. The number of carbonyl (C=O) groups is 1. The van der Waals surface area contributed by atoms with E-state index in [0.29, 0.717) is 36.0 Å². The Morgan fingerprint density at radius 1 is 1.48 bits per heavy atom. The summed E-state index contributed by atoms with van der Waals surface area (Å²) >= 11 is 6.13. The Balaban J connectivity index is 1.78. The molecule has 0 atom stereocenters. The minimum atomic E-state index is -0.0956. The van der Waals surface area contributed by atoms with Crippen LogP contribution < -0.4 is 5.32 Å². The van der Waals surface area contributed by atoms with E-state index in [1.807, 2.05) is 11.5 Å². The van der Waals surface area contributed by atoms with Gasteiger partial charge in [-0.25, -0.2) is 4.98 Å². The third kappa shape index (κ3) is 2.69. The standard InChI is InChI=1S/C13H15ClN6O/c1-2-15-12-10(14)5-9(6-16-12)13(21)19-3-4-20-8-17-18-11(20)7-19/h5-6,8H,2-4,7H2,1H3,(H,15,16). The highest BCUT2D eigenvalue weighted by Gasteiger charge is 2.23. The largest absolute Gasteiger partial charge is 0.369 e. The first kappa shape index (κ1) is 13.8. The molecule has 0 unspecified atom stereocenters. The van der Waals surface area contributed by atoms with Gasteiger partial charge in [0, 0.05) is 25.8 Å². The van der Waals surface area contributed by atoms with E-state index in [2.05, 4.69) is 20.5 Å². The molecule has 110 valence electrons. The lowest BCUT2D eigenvalue weighted by molar-refractivity contribution is 0.0707. The van der Waals surface area contributed by atoms with Crippen LogP contribution in [0.25, 0.3) is 0 Å². The summed E-state index contributed by atoms with van der Waals surface area (Å²) in [7, 11) is 0. The van der Waals surface area contributed by atoms with E-state index in [4.69, 9.17) is 11.6 Å². The van der Waals surface area contributed by atoms with Gasteiger partial charge in [0.25, 0.3) is 5.91 Å². The Bertz CT molecular complexity index is 670. The molecule has 0 radical (unpaired) electrons. The van der Waals surface area contributed by atoms with Crippen molar-refractivity contribution in [3.8, 4) is 0 Å². The first-order valence-electron chi connectivity index (χ1n) is 6.74. The van der Waals surface area contributed by atoms with Crippen LogP contribution in [-0.2, 0) is 13.1 Å². The lowest BCUT2D eigenvalue weighted by atomic mass is 10.2. The average Bonchev–Trinajstić information content (AvgIpc) is 2.96. The predicted molar refractivity (Wildman–Crippen MR) is 78.2 cm³/mol. The molecule has 1 amide bonds. The first-order valence-corrected chi connectivity index (χ1v) is 7.12. The molecule has 8 heteroatoms. The van der Waals surface area contributed by atoms with Crippen LogP contribution in [0, 0.1) is 0 Å². The third-order valence-electron chi connectivity index (χ3n) is 3.36. The number of carbonyl (C=O) groups excluding carboxylic acids is 1. The summed E-state index contributed by atoms with van der Waals surface area (Å²) in [5.41, 5.74) is 0.481. The van der Waals surface area contributed by atoms with E-state index in [9.17, 15) is 4.79 Å². The SMILES string of the molecule is CCNc1ncc(C(=O)N2CCn3cnnc3C2)cc1Cl. The van der Waals surface area contributed by atoms with Gasteiger partial charge in [-0.05, 0) is 13.0 Å². The molecule has 1 aliphatic rings. The maximum absolute atomic E-state index is 12.5. The quantitative estimate of drug-likeness (QED) is 0.928. The fraction of sp³-hybridized carbons (Fsp3) is 0.385. The molecule has 7 nitrogen and oxygen atoms in total. The second kappa shape index (κ2) is 5.69. The third-order valence-corrected chi connectivity index (χ3v) is 3.65. The van der Waals surface area contributed by atoms with Crippen molar-refractivity contribution in [2.45, 2.75) is 20.0 Å². The molecule has 0 fully saturated rings. The van der Waals surface area contributed by atoms with Crippen molar-refractivity contribution in [1.82, 2.24) is 24.6 Å². The molecule has 2 aromatic heterocycles. The maximum Gasteiger partial charge on any atom is 0.255 e. The van der Waals surface area contributed by atoms with Crippen molar-refractivity contribution in [2.75, 3.05) is 18.4 Å². The smallest absolute Gasteiger partial charge is 0.255 e. The van der Waals surface area contributed by atoms with Gasteiger partial charge in [0.05, 0.1) is 17.1 Å². The van der Waals surface area contributed by atoms with E-state index in [0.717, 1.165) is 12.4 Å². The highest BCUT2D eigenvalue weighted by Crippen LogP contribution is 2.21. The van der Waals surface area contributed by atoms with Gasteiger partial charge in [-0.15, -0.1) is 10.2 Å². The number of amides is 1. The molecule has 1 N–H and O–H groups in total. The second-order valence-corrected chi connectivity index (χ2v) is 5.16. The number of aromatic nitrogens is 4. The van der Waals surface area contributed by atoms with Crippen molar-refractivity contribution in [3.05, 3.63) is 35.0 Å². The van der Waals surface area contributed by atoms with Gasteiger partial charge in [0.2, 0.25) is 0 Å². The number of anilines is 1. The van der Waals surface area contributed by atoms with E-state index >= 15 is 0 Å².